The molecule has 4 heteroatoms. The fourth-order valence-electron chi connectivity index (χ4n) is 7.91. The topological polar surface area (TPSA) is 59.9 Å². The van der Waals surface area contributed by atoms with Crippen LogP contribution in [0.1, 0.15) is 31.8 Å². The summed E-state index contributed by atoms with van der Waals surface area (Å²) in [6.45, 7) is 0. The second-order valence-electron chi connectivity index (χ2n) is 13.2. The lowest BCUT2D eigenvalue weighted by molar-refractivity contribution is 0.0980. The molecule has 0 bridgehead atoms. The molecule has 0 N–H and O–H groups in total. The van der Waals surface area contributed by atoms with E-state index in [-0.39, 0.29) is 11.6 Å². The zero-order valence-corrected chi connectivity index (χ0v) is 27.9. The lowest BCUT2D eigenvalue weighted by Crippen LogP contribution is -2.23. The van der Waals surface area contributed by atoms with Gasteiger partial charge in [0, 0.05) is 55.3 Å². The third kappa shape index (κ3) is 4.55. The monoisotopic (exact) mass is 664 g/mol. The van der Waals surface area contributed by atoms with E-state index in [2.05, 4.69) is 48.5 Å². The number of benzene rings is 8. The van der Waals surface area contributed by atoms with Gasteiger partial charge in [-0.15, -0.1) is 10.2 Å². The number of carbonyl (C=O) groups is 2. The predicted molar refractivity (Wildman–Crippen MR) is 210 cm³/mol. The van der Waals surface area contributed by atoms with Crippen molar-refractivity contribution < 1.29 is 9.59 Å². The maximum absolute atomic E-state index is 14.7. The van der Waals surface area contributed by atoms with Crippen molar-refractivity contribution >= 4 is 43.9 Å². The summed E-state index contributed by atoms with van der Waals surface area (Å²) in [5.41, 5.74) is 8.61. The van der Waals surface area contributed by atoms with E-state index in [4.69, 9.17) is 10.2 Å². The average Bonchev–Trinajstić information content (AvgIpc) is 3.21. The highest BCUT2D eigenvalue weighted by molar-refractivity contribution is 6.36. The molecule has 0 spiro atoms. The Hall–Kier alpha value is -7.04. The van der Waals surface area contributed by atoms with Crippen molar-refractivity contribution in [2.45, 2.75) is 0 Å². The molecule has 8 aromatic carbocycles. The molecule has 10 rings (SSSR count). The maximum Gasteiger partial charge on any atom is 0.195 e. The number of aromatic nitrogens is 2. The van der Waals surface area contributed by atoms with Crippen LogP contribution in [-0.4, -0.2) is 21.8 Å². The fourth-order valence-corrected chi connectivity index (χ4v) is 7.91. The van der Waals surface area contributed by atoms with Crippen LogP contribution < -0.4 is 0 Å². The van der Waals surface area contributed by atoms with Crippen molar-refractivity contribution in [3.05, 3.63) is 192 Å². The van der Waals surface area contributed by atoms with E-state index in [1.165, 1.54) is 0 Å². The van der Waals surface area contributed by atoms with Gasteiger partial charge in [-0.05, 0) is 56.9 Å². The molecule has 0 fully saturated rings. The van der Waals surface area contributed by atoms with Crippen LogP contribution in [0.3, 0.4) is 0 Å². The zero-order valence-electron chi connectivity index (χ0n) is 27.9. The molecule has 0 aliphatic heterocycles. The number of hydrogen-bond acceptors (Lipinski definition) is 4. The Balaban J connectivity index is 1.39. The molecule has 0 radical (unpaired) electrons. The maximum atomic E-state index is 14.7. The zero-order chi connectivity index (χ0) is 34.8. The number of hydrogen-bond donors (Lipinski definition) is 0. The van der Waals surface area contributed by atoms with E-state index in [0.717, 1.165) is 77.1 Å². The van der Waals surface area contributed by atoms with Gasteiger partial charge in [0.2, 0.25) is 0 Å². The van der Waals surface area contributed by atoms with Gasteiger partial charge in [-0.25, -0.2) is 0 Å². The highest BCUT2D eigenvalue weighted by atomic mass is 16.1. The van der Waals surface area contributed by atoms with Gasteiger partial charge in [-0.1, -0.05) is 146 Å². The normalized spacial score (nSPS) is 12.3. The first-order valence-electron chi connectivity index (χ1n) is 17.3. The van der Waals surface area contributed by atoms with E-state index in [9.17, 15) is 9.59 Å². The largest absolute Gasteiger partial charge is 0.289 e. The van der Waals surface area contributed by atoms with Crippen molar-refractivity contribution in [2.75, 3.05) is 0 Å². The second-order valence-corrected chi connectivity index (χ2v) is 13.2. The minimum atomic E-state index is -0.143. The number of fused-ring (bicyclic) bond motifs is 5. The van der Waals surface area contributed by atoms with Gasteiger partial charge in [-0.3, -0.25) is 9.59 Å². The lowest BCUT2D eigenvalue weighted by atomic mass is 9.74. The van der Waals surface area contributed by atoms with Gasteiger partial charge in [-0.2, -0.15) is 0 Å². The van der Waals surface area contributed by atoms with Crippen LogP contribution in [0.15, 0.2) is 170 Å². The van der Waals surface area contributed by atoms with Crippen LogP contribution in [0.25, 0.3) is 77.1 Å². The SMILES string of the molecule is O=C1c2ccccc2C(=O)c2c1c(-c1ccccc1)c1cc3cc4c(-c5ccccc5)nnc(-c5ccccc5)c4cc3cc1c2-c1ccccc1. The number of nitrogens with zero attached hydrogens (tertiary/aromatic N) is 2. The summed E-state index contributed by atoms with van der Waals surface area (Å²) in [5, 5.41) is 15.4. The lowest BCUT2D eigenvalue weighted by Gasteiger charge is -2.26. The standard InChI is InChI=1S/C48H28N2O2/c51-47-35-23-13-14-24-36(35)48(52)44-42(30-17-7-2-8-18-30)38-26-34-28-40-39(27-33(34)25-37(38)41(43(44)47)29-15-5-1-6-16-29)45(31-19-9-3-10-20-31)49-50-46(40)32-21-11-4-12-22-32/h1-28H. The first-order chi connectivity index (χ1) is 25.7. The van der Waals surface area contributed by atoms with Gasteiger partial charge in [0.15, 0.2) is 11.6 Å². The van der Waals surface area contributed by atoms with E-state index in [1.54, 1.807) is 12.1 Å². The smallest absolute Gasteiger partial charge is 0.195 e. The van der Waals surface area contributed by atoms with Crippen molar-refractivity contribution in [1.29, 1.82) is 0 Å². The van der Waals surface area contributed by atoms with Gasteiger partial charge in [0.25, 0.3) is 0 Å². The van der Waals surface area contributed by atoms with Crippen LogP contribution in [0.2, 0.25) is 0 Å². The summed E-state index contributed by atoms with van der Waals surface area (Å²) in [7, 11) is 0. The van der Waals surface area contributed by atoms with E-state index in [1.807, 2.05) is 109 Å². The molecule has 0 amide bonds. The van der Waals surface area contributed by atoms with Gasteiger partial charge >= 0.3 is 0 Å². The third-order valence-corrected chi connectivity index (χ3v) is 10.3. The highest BCUT2D eigenvalue weighted by Gasteiger charge is 2.36. The molecule has 0 unspecified atom stereocenters. The molecule has 9 aromatic rings. The van der Waals surface area contributed by atoms with Crippen LogP contribution in [-0.2, 0) is 0 Å². The first kappa shape index (κ1) is 29.8. The van der Waals surface area contributed by atoms with E-state index in [0.29, 0.717) is 22.3 Å². The van der Waals surface area contributed by atoms with Crippen molar-refractivity contribution in [3.63, 3.8) is 0 Å². The Labute approximate surface area is 299 Å². The Kier molecular flexibility index (Phi) is 6.76. The van der Waals surface area contributed by atoms with Crippen molar-refractivity contribution in [2.24, 2.45) is 0 Å². The molecule has 1 aliphatic carbocycles. The Morgan fingerprint density at radius 1 is 0.308 bits per heavy atom. The van der Waals surface area contributed by atoms with Crippen LogP contribution in [0.4, 0.5) is 0 Å². The molecule has 0 saturated carbocycles. The Morgan fingerprint density at radius 2 is 0.615 bits per heavy atom. The fraction of sp³-hybridized carbons (Fsp3) is 0. The molecule has 242 valence electrons. The highest BCUT2D eigenvalue weighted by Crippen LogP contribution is 2.47. The summed E-state index contributed by atoms with van der Waals surface area (Å²) in [6, 6.07) is 56.2. The molecule has 1 aromatic heterocycles. The van der Waals surface area contributed by atoms with Gasteiger partial charge in [0.1, 0.15) is 11.4 Å². The minimum Gasteiger partial charge on any atom is -0.289 e. The third-order valence-electron chi connectivity index (χ3n) is 10.3. The van der Waals surface area contributed by atoms with E-state index >= 15 is 0 Å². The quantitative estimate of drug-likeness (QED) is 0.176. The van der Waals surface area contributed by atoms with Crippen molar-refractivity contribution in [3.8, 4) is 44.8 Å². The molecule has 0 saturated heterocycles. The summed E-state index contributed by atoms with van der Waals surface area (Å²) in [4.78, 5) is 29.4. The van der Waals surface area contributed by atoms with Crippen molar-refractivity contribution in [1.82, 2.24) is 10.2 Å². The second kappa shape index (κ2) is 11.8. The van der Waals surface area contributed by atoms with Crippen LogP contribution in [0.5, 0.6) is 0 Å². The number of carbonyl (C=O) groups excluding carboxylic acids is 2. The Morgan fingerprint density at radius 3 is 0.981 bits per heavy atom. The van der Waals surface area contributed by atoms with Gasteiger partial charge in [0.05, 0.1) is 0 Å². The molecule has 4 nitrogen and oxygen atoms in total. The summed E-state index contributed by atoms with van der Waals surface area (Å²) in [6.07, 6.45) is 0. The molecule has 52 heavy (non-hydrogen) atoms. The number of rotatable bonds is 4. The van der Waals surface area contributed by atoms with Gasteiger partial charge < -0.3 is 0 Å². The molecule has 0 atom stereocenters. The van der Waals surface area contributed by atoms with E-state index < -0.39 is 0 Å². The minimum absolute atomic E-state index is 0.143. The molecular formula is C48H28N2O2. The summed E-state index contributed by atoms with van der Waals surface area (Å²) >= 11 is 0. The summed E-state index contributed by atoms with van der Waals surface area (Å²) < 4.78 is 0. The average molecular weight is 665 g/mol. The number of ketones is 2. The van der Waals surface area contributed by atoms with Crippen LogP contribution in [0, 0.1) is 0 Å². The molecular weight excluding hydrogens is 637 g/mol. The Bertz CT molecular complexity index is 2700. The molecule has 1 heterocycles. The predicted octanol–water partition coefficient (Wildman–Crippen LogP) is 11.4. The first-order valence-corrected chi connectivity index (χ1v) is 17.3. The summed E-state index contributed by atoms with van der Waals surface area (Å²) in [5.74, 6) is -0.285. The van der Waals surface area contributed by atoms with Crippen LogP contribution >= 0.6 is 0 Å². The molecule has 1 aliphatic rings.